The highest BCUT2D eigenvalue weighted by Crippen LogP contribution is 2.26. The van der Waals surface area contributed by atoms with Crippen molar-refractivity contribution in [3.05, 3.63) is 42.5 Å². The van der Waals surface area contributed by atoms with Gasteiger partial charge in [0.15, 0.2) is 0 Å². The van der Waals surface area contributed by atoms with Gasteiger partial charge in [-0.25, -0.2) is 0 Å². The lowest BCUT2D eigenvalue weighted by atomic mass is 9.85. The van der Waals surface area contributed by atoms with Gasteiger partial charge in [-0.15, -0.1) is 0 Å². The Morgan fingerprint density at radius 2 is 2.26 bits per heavy atom. The minimum atomic E-state index is 0.171. The Kier molecular flexibility index (Phi) is 3.31. The van der Waals surface area contributed by atoms with Crippen LogP contribution in [0.2, 0.25) is 0 Å². The number of pyridine rings is 1. The molecule has 0 bridgehead atoms. The third-order valence-electron chi connectivity index (χ3n) is 3.58. The highest BCUT2D eigenvalue weighted by molar-refractivity contribution is 5.79. The lowest BCUT2D eigenvalue weighted by Crippen LogP contribution is -2.33. The average Bonchev–Trinajstić information content (AvgIpc) is 2.89. The molecule has 19 heavy (non-hydrogen) atoms. The van der Waals surface area contributed by atoms with E-state index in [1.807, 2.05) is 18.2 Å². The quantitative estimate of drug-likeness (QED) is 0.915. The molecule has 1 saturated carbocycles. The van der Waals surface area contributed by atoms with Gasteiger partial charge >= 0.3 is 0 Å². The second-order valence-electron chi connectivity index (χ2n) is 4.91. The number of hydrogen-bond acceptors (Lipinski definition) is 3. The molecule has 2 heterocycles. The number of rotatable bonds is 4. The van der Waals surface area contributed by atoms with Crippen LogP contribution in [0.1, 0.15) is 24.8 Å². The molecule has 4 nitrogen and oxygen atoms in total. The van der Waals surface area contributed by atoms with Crippen LogP contribution in [0.4, 0.5) is 0 Å². The van der Waals surface area contributed by atoms with Gasteiger partial charge in [0.1, 0.15) is 0 Å². The van der Waals surface area contributed by atoms with E-state index in [-0.39, 0.29) is 11.8 Å². The summed E-state index contributed by atoms with van der Waals surface area (Å²) in [6.07, 6.45) is 8.33. The summed E-state index contributed by atoms with van der Waals surface area (Å²) in [7, 11) is 0. The van der Waals surface area contributed by atoms with Gasteiger partial charge in [0.2, 0.25) is 5.91 Å². The van der Waals surface area contributed by atoms with Crippen LogP contribution in [0.3, 0.4) is 0 Å². The Morgan fingerprint density at radius 1 is 1.37 bits per heavy atom. The number of amides is 1. The van der Waals surface area contributed by atoms with Crippen LogP contribution >= 0.6 is 0 Å². The van der Waals surface area contributed by atoms with Crippen molar-refractivity contribution >= 4 is 5.91 Å². The maximum absolute atomic E-state index is 11.7. The molecule has 98 valence electrons. The molecule has 2 aromatic heterocycles. The Bertz CT molecular complexity index is 542. The smallest absolute Gasteiger partial charge is 0.223 e. The lowest BCUT2D eigenvalue weighted by molar-refractivity contribution is -0.127. The zero-order chi connectivity index (χ0) is 13.1. The van der Waals surface area contributed by atoms with E-state index in [2.05, 4.69) is 10.3 Å². The summed E-state index contributed by atoms with van der Waals surface area (Å²) >= 11 is 0. The van der Waals surface area contributed by atoms with Gasteiger partial charge in [-0.1, -0.05) is 12.5 Å². The van der Waals surface area contributed by atoms with Crippen molar-refractivity contribution in [2.24, 2.45) is 5.92 Å². The molecular weight excluding hydrogens is 240 g/mol. The summed E-state index contributed by atoms with van der Waals surface area (Å²) in [6, 6.07) is 5.80. The van der Waals surface area contributed by atoms with Crippen molar-refractivity contribution in [3.63, 3.8) is 0 Å². The number of carbonyl (C=O) groups excluding carboxylic acids is 1. The molecule has 1 fully saturated rings. The van der Waals surface area contributed by atoms with Gasteiger partial charge in [-0.3, -0.25) is 9.78 Å². The van der Waals surface area contributed by atoms with E-state index in [0.717, 1.165) is 29.7 Å². The van der Waals surface area contributed by atoms with Crippen LogP contribution in [-0.2, 0) is 11.3 Å². The van der Waals surface area contributed by atoms with Crippen molar-refractivity contribution < 1.29 is 9.21 Å². The first-order valence-corrected chi connectivity index (χ1v) is 6.58. The fourth-order valence-electron chi connectivity index (χ4n) is 2.11. The number of nitrogens with one attached hydrogen (secondary N) is 1. The lowest BCUT2D eigenvalue weighted by Gasteiger charge is -2.23. The maximum atomic E-state index is 11.7. The fraction of sp³-hybridized carbons (Fsp3) is 0.333. The molecule has 1 amide bonds. The van der Waals surface area contributed by atoms with E-state index in [9.17, 15) is 4.79 Å². The van der Waals surface area contributed by atoms with E-state index in [0.29, 0.717) is 6.54 Å². The summed E-state index contributed by atoms with van der Waals surface area (Å²) in [5, 5.41) is 2.96. The second-order valence-corrected chi connectivity index (χ2v) is 4.91. The first kappa shape index (κ1) is 12.0. The summed E-state index contributed by atoms with van der Waals surface area (Å²) in [5.41, 5.74) is 2.85. The van der Waals surface area contributed by atoms with E-state index in [1.165, 1.54) is 6.42 Å². The molecule has 0 radical (unpaired) electrons. The Morgan fingerprint density at radius 3 is 2.84 bits per heavy atom. The van der Waals surface area contributed by atoms with E-state index < -0.39 is 0 Å². The monoisotopic (exact) mass is 256 g/mol. The number of aromatic nitrogens is 1. The topological polar surface area (TPSA) is 55.1 Å². The average molecular weight is 256 g/mol. The number of hydrogen-bond donors (Lipinski definition) is 1. The summed E-state index contributed by atoms with van der Waals surface area (Å²) in [4.78, 5) is 16.1. The molecule has 0 atom stereocenters. The number of carbonyl (C=O) groups is 1. The van der Waals surface area contributed by atoms with Crippen molar-refractivity contribution in [1.29, 1.82) is 0 Å². The van der Waals surface area contributed by atoms with Crippen LogP contribution < -0.4 is 5.32 Å². The standard InChI is InChI=1S/C15H16N2O2/c18-15(12-2-1-3-12)17-9-11-4-5-14(16-8-11)13-6-7-19-10-13/h4-8,10,12H,1-3,9H2,(H,17,18). The molecule has 0 spiro atoms. The summed E-state index contributed by atoms with van der Waals surface area (Å²) in [6.45, 7) is 0.550. The van der Waals surface area contributed by atoms with Crippen LogP contribution in [0, 0.1) is 5.92 Å². The highest BCUT2D eigenvalue weighted by Gasteiger charge is 2.24. The van der Waals surface area contributed by atoms with Crippen LogP contribution in [0.25, 0.3) is 11.3 Å². The maximum Gasteiger partial charge on any atom is 0.223 e. The molecular formula is C15H16N2O2. The van der Waals surface area contributed by atoms with Crippen molar-refractivity contribution in [2.45, 2.75) is 25.8 Å². The molecule has 0 unspecified atom stereocenters. The molecule has 1 aliphatic carbocycles. The van der Waals surface area contributed by atoms with E-state index in [1.54, 1.807) is 18.7 Å². The summed E-state index contributed by atoms with van der Waals surface area (Å²) < 4.78 is 5.03. The third-order valence-corrected chi connectivity index (χ3v) is 3.58. The highest BCUT2D eigenvalue weighted by atomic mass is 16.3. The van der Waals surface area contributed by atoms with Crippen molar-refractivity contribution in [1.82, 2.24) is 10.3 Å². The third kappa shape index (κ3) is 2.67. The minimum absolute atomic E-state index is 0.171. The predicted octanol–water partition coefficient (Wildman–Crippen LogP) is 2.76. The SMILES string of the molecule is O=C(NCc1ccc(-c2ccoc2)nc1)C1CCC1. The molecule has 1 aliphatic rings. The van der Waals surface area contributed by atoms with Crippen LogP contribution in [-0.4, -0.2) is 10.9 Å². The van der Waals surface area contributed by atoms with E-state index in [4.69, 9.17) is 4.42 Å². The molecule has 0 aromatic carbocycles. The van der Waals surface area contributed by atoms with Crippen LogP contribution in [0.5, 0.6) is 0 Å². The largest absolute Gasteiger partial charge is 0.472 e. The van der Waals surface area contributed by atoms with Crippen molar-refractivity contribution in [2.75, 3.05) is 0 Å². The van der Waals surface area contributed by atoms with Crippen LogP contribution in [0.15, 0.2) is 41.3 Å². The van der Waals surface area contributed by atoms with Gasteiger partial charge in [0, 0.05) is 24.2 Å². The van der Waals surface area contributed by atoms with Gasteiger partial charge in [0.05, 0.1) is 18.2 Å². The first-order chi connectivity index (χ1) is 9.33. The number of nitrogens with zero attached hydrogens (tertiary/aromatic N) is 1. The predicted molar refractivity (Wildman–Crippen MR) is 71.1 cm³/mol. The molecule has 3 rings (SSSR count). The van der Waals surface area contributed by atoms with Gasteiger partial charge in [-0.2, -0.15) is 0 Å². The fourth-order valence-corrected chi connectivity index (χ4v) is 2.11. The van der Waals surface area contributed by atoms with Crippen molar-refractivity contribution in [3.8, 4) is 11.3 Å². The summed E-state index contributed by atoms with van der Waals surface area (Å²) in [5.74, 6) is 0.406. The molecule has 0 saturated heterocycles. The van der Waals surface area contributed by atoms with Gasteiger partial charge in [0.25, 0.3) is 0 Å². The Balaban J connectivity index is 1.58. The van der Waals surface area contributed by atoms with Gasteiger partial charge < -0.3 is 9.73 Å². The van der Waals surface area contributed by atoms with Gasteiger partial charge in [-0.05, 0) is 30.5 Å². The Labute approximate surface area is 111 Å². The molecule has 4 heteroatoms. The first-order valence-electron chi connectivity index (χ1n) is 6.58. The molecule has 2 aromatic rings. The minimum Gasteiger partial charge on any atom is -0.472 e. The van der Waals surface area contributed by atoms with E-state index >= 15 is 0 Å². The normalized spacial score (nSPS) is 14.9. The second kappa shape index (κ2) is 5.26. The number of furan rings is 1. The molecule has 0 aliphatic heterocycles. The zero-order valence-corrected chi connectivity index (χ0v) is 10.6. The zero-order valence-electron chi connectivity index (χ0n) is 10.6. The molecule has 1 N–H and O–H groups in total. The Hall–Kier alpha value is -2.10.